The van der Waals surface area contributed by atoms with Crippen LogP contribution < -0.4 is 4.74 Å². The molecule has 1 saturated heterocycles. The third kappa shape index (κ3) is 5.19. The molecule has 1 fully saturated rings. The van der Waals surface area contributed by atoms with E-state index in [-0.39, 0.29) is 0 Å². The zero-order chi connectivity index (χ0) is 19.3. The van der Waals surface area contributed by atoms with Gasteiger partial charge in [0.15, 0.2) is 12.2 Å². The lowest BCUT2D eigenvalue weighted by Gasteiger charge is -2.43. The van der Waals surface area contributed by atoms with Crippen molar-refractivity contribution in [2.24, 2.45) is 0 Å². The summed E-state index contributed by atoms with van der Waals surface area (Å²) in [5, 5.41) is 0. The molecule has 1 aromatic carbocycles. The van der Waals surface area contributed by atoms with E-state index in [0.717, 1.165) is 0 Å². The first-order valence-electron chi connectivity index (χ1n) is 8.16. The number of benzene rings is 1. The zero-order valence-electron chi connectivity index (χ0n) is 15.0. The summed E-state index contributed by atoms with van der Waals surface area (Å²) in [7, 11) is 0. The highest BCUT2D eigenvalue weighted by Gasteiger charge is 2.51. The van der Waals surface area contributed by atoms with Gasteiger partial charge >= 0.3 is 17.9 Å². The average molecular weight is 366 g/mol. The Balaban J connectivity index is 2.33. The second kappa shape index (κ2) is 8.66. The molecule has 1 heterocycles. The van der Waals surface area contributed by atoms with Gasteiger partial charge in [-0.3, -0.25) is 14.4 Å². The first-order chi connectivity index (χ1) is 12.3. The summed E-state index contributed by atoms with van der Waals surface area (Å²) in [5.74, 6) is -1.33. The standard InChI is InChI=1S/C18H22O8/c1-10-15(23-11(2)19)16(24-12(3)20)17(25-13(4)21)18(22-10)26-14-8-6-5-7-9-14/h5-10,15-18H,1-4H3. The topological polar surface area (TPSA) is 97.4 Å². The molecule has 1 aliphatic rings. The van der Waals surface area contributed by atoms with E-state index in [1.807, 2.05) is 6.07 Å². The molecule has 2 rings (SSSR count). The van der Waals surface area contributed by atoms with Crippen molar-refractivity contribution in [3.8, 4) is 5.75 Å². The van der Waals surface area contributed by atoms with Crippen LogP contribution in [0.5, 0.6) is 5.75 Å². The van der Waals surface area contributed by atoms with Crippen molar-refractivity contribution in [1.82, 2.24) is 0 Å². The molecule has 0 radical (unpaired) electrons. The van der Waals surface area contributed by atoms with Gasteiger partial charge in [0.05, 0.1) is 6.10 Å². The normalized spacial score (nSPS) is 27.9. The molecule has 1 aliphatic heterocycles. The fourth-order valence-electron chi connectivity index (χ4n) is 2.70. The second-order valence-corrected chi connectivity index (χ2v) is 5.86. The molecule has 0 N–H and O–H groups in total. The fraction of sp³-hybridized carbons (Fsp3) is 0.500. The molecule has 0 aliphatic carbocycles. The lowest BCUT2D eigenvalue weighted by atomic mass is 9.99. The average Bonchev–Trinajstić information content (AvgIpc) is 2.54. The molecule has 1 aromatic rings. The Kier molecular flexibility index (Phi) is 6.57. The van der Waals surface area contributed by atoms with Crippen LogP contribution in [0.15, 0.2) is 30.3 Å². The van der Waals surface area contributed by atoms with Crippen molar-refractivity contribution < 1.29 is 38.1 Å². The Morgan fingerprint density at radius 1 is 0.808 bits per heavy atom. The second-order valence-electron chi connectivity index (χ2n) is 5.86. The molecule has 0 saturated carbocycles. The van der Waals surface area contributed by atoms with Crippen LogP contribution in [-0.4, -0.2) is 48.6 Å². The highest BCUT2D eigenvalue weighted by Crippen LogP contribution is 2.30. The fourth-order valence-corrected chi connectivity index (χ4v) is 2.70. The highest BCUT2D eigenvalue weighted by atomic mass is 16.7. The molecule has 142 valence electrons. The molecule has 26 heavy (non-hydrogen) atoms. The van der Waals surface area contributed by atoms with Gasteiger partial charge in [-0.2, -0.15) is 0 Å². The maximum Gasteiger partial charge on any atom is 0.303 e. The predicted octanol–water partition coefficient (Wildman–Crippen LogP) is 1.61. The minimum absolute atomic E-state index is 0.481. The molecule has 8 nitrogen and oxygen atoms in total. The van der Waals surface area contributed by atoms with E-state index in [2.05, 4.69) is 0 Å². The van der Waals surface area contributed by atoms with Gasteiger partial charge < -0.3 is 23.7 Å². The van der Waals surface area contributed by atoms with Crippen LogP contribution in [0.4, 0.5) is 0 Å². The van der Waals surface area contributed by atoms with Crippen LogP contribution in [0.1, 0.15) is 27.7 Å². The van der Waals surface area contributed by atoms with Crippen molar-refractivity contribution in [2.45, 2.75) is 58.4 Å². The summed E-state index contributed by atoms with van der Waals surface area (Å²) in [6, 6.07) is 8.77. The Bertz CT molecular complexity index is 644. The molecule has 0 bridgehead atoms. The van der Waals surface area contributed by atoms with Crippen molar-refractivity contribution in [2.75, 3.05) is 0 Å². The Morgan fingerprint density at radius 3 is 1.85 bits per heavy atom. The molecule has 0 aromatic heterocycles. The van der Waals surface area contributed by atoms with Crippen LogP contribution in [0.25, 0.3) is 0 Å². The van der Waals surface area contributed by atoms with Gasteiger partial charge in [0.1, 0.15) is 5.75 Å². The minimum Gasteiger partial charge on any atom is -0.461 e. The number of para-hydroxylation sites is 1. The number of carbonyl (C=O) groups excluding carboxylic acids is 3. The third-order valence-corrected chi connectivity index (χ3v) is 3.63. The van der Waals surface area contributed by atoms with E-state index in [1.54, 1.807) is 31.2 Å². The van der Waals surface area contributed by atoms with E-state index >= 15 is 0 Å². The number of rotatable bonds is 5. The van der Waals surface area contributed by atoms with Gasteiger partial charge in [0.25, 0.3) is 0 Å². The number of esters is 3. The largest absolute Gasteiger partial charge is 0.461 e. The maximum atomic E-state index is 11.6. The monoisotopic (exact) mass is 366 g/mol. The smallest absolute Gasteiger partial charge is 0.303 e. The lowest BCUT2D eigenvalue weighted by Crippen LogP contribution is -2.62. The minimum atomic E-state index is -1.11. The van der Waals surface area contributed by atoms with Crippen LogP contribution in [0, 0.1) is 0 Å². The van der Waals surface area contributed by atoms with E-state index in [9.17, 15) is 14.4 Å². The molecular formula is C18H22O8. The molecule has 5 atom stereocenters. The maximum absolute atomic E-state index is 11.6. The van der Waals surface area contributed by atoms with Crippen molar-refractivity contribution >= 4 is 17.9 Å². The third-order valence-electron chi connectivity index (χ3n) is 3.63. The Labute approximate surface area is 151 Å². The summed E-state index contributed by atoms with van der Waals surface area (Å²) >= 11 is 0. The predicted molar refractivity (Wildman–Crippen MR) is 88.1 cm³/mol. The van der Waals surface area contributed by atoms with Crippen LogP contribution in [0.3, 0.4) is 0 Å². The van der Waals surface area contributed by atoms with Crippen molar-refractivity contribution in [3.63, 3.8) is 0 Å². The van der Waals surface area contributed by atoms with Gasteiger partial charge in [0.2, 0.25) is 12.4 Å². The van der Waals surface area contributed by atoms with E-state index in [0.29, 0.717) is 5.75 Å². The highest BCUT2D eigenvalue weighted by molar-refractivity contribution is 5.68. The van der Waals surface area contributed by atoms with Gasteiger partial charge in [0, 0.05) is 20.8 Å². The SMILES string of the molecule is CC(=O)OC1C(C)OC(Oc2ccccc2)C(OC(C)=O)C1OC(C)=O. The van der Waals surface area contributed by atoms with Crippen molar-refractivity contribution in [3.05, 3.63) is 30.3 Å². The van der Waals surface area contributed by atoms with E-state index in [1.165, 1.54) is 20.8 Å². The van der Waals surface area contributed by atoms with Gasteiger partial charge in [-0.25, -0.2) is 0 Å². The Hall–Kier alpha value is -2.61. The van der Waals surface area contributed by atoms with Gasteiger partial charge in [-0.1, -0.05) is 18.2 Å². The molecule has 8 heteroatoms. The van der Waals surface area contributed by atoms with Gasteiger partial charge in [-0.05, 0) is 19.1 Å². The first kappa shape index (κ1) is 19.7. The molecule has 5 unspecified atom stereocenters. The quantitative estimate of drug-likeness (QED) is 0.573. The molecular weight excluding hydrogens is 344 g/mol. The zero-order valence-corrected chi connectivity index (χ0v) is 15.0. The lowest BCUT2D eigenvalue weighted by molar-refractivity contribution is -0.280. The van der Waals surface area contributed by atoms with Crippen molar-refractivity contribution in [1.29, 1.82) is 0 Å². The summed E-state index contributed by atoms with van der Waals surface area (Å²) in [4.78, 5) is 34.6. The summed E-state index contributed by atoms with van der Waals surface area (Å²) in [5.41, 5.74) is 0. The van der Waals surface area contributed by atoms with Crippen LogP contribution in [0.2, 0.25) is 0 Å². The number of carbonyl (C=O) groups is 3. The van der Waals surface area contributed by atoms with Gasteiger partial charge in [-0.15, -0.1) is 0 Å². The first-order valence-corrected chi connectivity index (χ1v) is 8.16. The van der Waals surface area contributed by atoms with Crippen LogP contribution in [-0.2, 0) is 33.3 Å². The van der Waals surface area contributed by atoms with E-state index < -0.39 is 48.6 Å². The molecule has 0 amide bonds. The summed E-state index contributed by atoms with van der Waals surface area (Å²) < 4.78 is 27.4. The van der Waals surface area contributed by atoms with Crippen LogP contribution >= 0.6 is 0 Å². The number of ether oxygens (including phenoxy) is 5. The summed E-state index contributed by atoms with van der Waals surface area (Å²) in [6.45, 7) is 5.30. The summed E-state index contributed by atoms with van der Waals surface area (Å²) in [6.07, 6.45) is -4.84. The number of hydrogen-bond donors (Lipinski definition) is 0. The number of hydrogen-bond acceptors (Lipinski definition) is 8. The Morgan fingerprint density at radius 2 is 1.31 bits per heavy atom. The molecule has 0 spiro atoms. The van der Waals surface area contributed by atoms with E-state index in [4.69, 9.17) is 23.7 Å².